The number of anilines is 1. The maximum Gasteiger partial charge on any atom is 0.211 e. The number of rotatable bonds is 5. The molecule has 0 atom stereocenters. The maximum absolute atomic E-state index is 10.5. The van der Waals surface area contributed by atoms with Crippen LogP contribution in [0.5, 0.6) is 5.75 Å². The molecule has 0 bridgehead atoms. The zero-order chi connectivity index (χ0) is 12.8. The van der Waals surface area contributed by atoms with Gasteiger partial charge in [-0.2, -0.15) is 0 Å². The van der Waals surface area contributed by atoms with E-state index in [1.54, 1.807) is 18.9 Å². The minimum atomic E-state index is 0.685. The van der Waals surface area contributed by atoms with Crippen molar-refractivity contribution in [2.24, 2.45) is 0 Å². The van der Waals surface area contributed by atoms with Crippen LogP contribution in [0.4, 0.5) is 5.69 Å². The van der Waals surface area contributed by atoms with Crippen LogP contribution in [0, 0.1) is 0 Å². The van der Waals surface area contributed by atoms with Crippen LogP contribution in [0.2, 0.25) is 0 Å². The Labute approximate surface area is 110 Å². The second kappa shape index (κ2) is 6.12. The molecule has 0 saturated carbocycles. The van der Waals surface area contributed by atoms with Gasteiger partial charge in [-0.3, -0.25) is 4.79 Å². The van der Waals surface area contributed by atoms with Crippen molar-refractivity contribution in [1.82, 2.24) is 0 Å². The van der Waals surface area contributed by atoms with E-state index in [9.17, 15) is 4.79 Å². The summed E-state index contributed by atoms with van der Waals surface area (Å²) in [5, 5.41) is 2.69. The molecule has 0 aliphatic heterocycles. The zero-order valence-electron chi connectivity index (χ0n) is 9.92. The summed E-state index contributed by atoms with van der Waals surface area (Å²) in [6, 6.07) is 15.5. The minimum absolute atomic E-state index is 0.685. The summed E-state index contributed by atoms with van der Waals surface area (Å²) in [5.74, 6) is 0.820. The average molecular weight is 259 g/mol. The predicted molar refractivity (Wildman–Crippen MR) is 73.2 cm³/mol. The first-order valence-corrected chi connectivity index (χ1v) is 6.26. The van der Waals surface area contributed by atoms with Gasteiger partial charge in [0.05, 0.1) is 12.8 Å². The van der Waals surface area contributed by atoms with Gasteiger partial charge in [-0.05, 0) is 30.3 Å². The third-order valence-corrected chi connectivity index (χ3v) is 3.44. The van der Waals surface area contributed by atoms with E-state index in [2.05, 4.69) is 5.32 Å². The highest BCUT2D eigenvalue weighted by atomic mass is 32.2. The molecule has 92 valence electrons. The Balaban J connectivity index is 2.24. The van der Waals surface area contributed by atoms with Gasteiger partial charge >= 0.3 is 0 Å². The number of benzene rings is 2. The van der Waals surface area contributed by atoms with Gasteiger partial charge in [-0.1, -0.05) is 30.0 Å². The molecule has 2 aromatic carbocycles. The Hall–Kier alpha value is -1.94. The molecule has 2 rings (SSSR count). The number of carbonyl (C=O) groups excluding carboxylic acids is 1. The van der Waals surface area contributed by atoms with E-state index in [0.717, 1.165) is 21.2 Å². The Morgan fingerprint density at radius 3 is 2.78 bits per heavy atom. The van der Waals surface area contributed by atoms with E-state index in [-0.39, 0.29) is 0 Å². The Morgan fingerprint density at radius 2 is 2.00 bits per heavy atom. The molecule has 0 spiro atoms. The number of hydrogen-bond acceptors (Lipinski definition) is 3. The summed E-state index contributed by atoms with van der Waals surface area (Å²) in [7, 11) is 1.64. The second-order valence-corrected chi connectivity index (χ2v) is 4.65. The van der Waals surface area contributed by atoms with Crippen molar-refractivity contribution >= 4 is 23.9 Å². The molecule has 2 aromatic rings. The van der Waals surface area contributed by atoms with Crippen molar-refractivity contribution in [2.45, 2.75) is 9.79 Å². The fourth-order valence-corrected chi connectivity index (χ4v) is 2.49. The summed E-state index contributed by atoms with van der Waals surface area (Å²) in [5.41, 5.74) is 0.806. The molecule has 0 saturated heterocycles. The smallest absolute Gasteiger partial charge is 0.211 e. The highest BCUT2D eigenvalue weighted by molar-refractivity contribution is 7.99. The van der Waals surface area contributed by atoms with E-state index in [1.807, 2.05) is 48.5 Å². The second-order valence-electron chi connectivity index (χ2n) is 3.54. The highest BCUT2D eigenvalue weighted by Crippen LogP contribution is 2.34. The van der Waals surface area contributed by atoms with Gasteiger partial charge in [-0.15, -0.1) is 0 Å². The monoisotopic (exact) mass is 259 g/mol. The molecule has 0 aromatic heterocycles. The molecule has 0 fully saturated rings. The van der Waals surface area contributed by atoms with Crippen molar-refractivity contribution in [3.8, 4) is 5.75 Å². The third-order valence-electron chi connectivity index (χ3n) is 2.37. The van der Waals surface area contributed by atoms with Crippen LogP contribution in [0.25, 0.3) is 0 Å². The largest absolute Gasteiger partial charge is 0.497 e. The molecule has 0 radical (unpaired) electrons. The lowest BCUT2D eigenvalue weighted by atomic mass is 10.3. The zero-order valence-corrected chi connectivity index (χ0v) is 10.7. The number of nitrogens with one attached hydrogen (secondary N) is 1. The van der Waals surface area contributed by atoms with E-state index >= 15 is 0 Å². The van der Waals surface area contributed by atoms with Crippen LogP contribution in [0.15, 0.2) is 58.3 Å². The van der Waals surface area contributed by atoms with Gasteiger partial charge < -0.3 is 10.1 Å². The highest BCUT2D eigenvalue weighted by Gasteiger charge is 2.04. The molecule has 3 nitrogen and oxygen atoms in total. The summed E-state index contributed by atoms with van der Waals surface area (Å²) in [6.07, 6.45) is 0.685. The van der Waals surface area contributed by atoms with E-state index in [4.69, 9.17) is 4.74 Å². The van der Waals surface area contributed by atoms with Gasteiger partial charge in [0.25, 0.3) is 0 Å². The lowest BCUT2D eigenvalue weighted by Gasteiger charge is -2.08. The summed E-state index contributed by atoms with van der Waals surface area (Å²) < 4.78 is 5.19. The summed E-state index contributed by atoms with van der Waals surface area (Å²) >= 11 is 1.58. The molecular weight excluding hydrogens is 246 g/mol. The average Bonchev–Trinajstić information content (AvgIpc) is 2.41. The van der Waals surface area contributed by atoms with Gasteiger partial charge in [0, 0.05) is 9.79 Å². The third kappa shape index (κ3) is 3.05. The fraction of sp³-hybridized carbons (Fsp3) is 0.0714. The van der Waals surface area contributed by atoms with Gasteiger partial charge in [0.15, 0.2) is 0 Å². The topological polar surface area (TPSA) is 38.3 Å². The van der Waals surface area contributed by atoms with Gasteiger partial charge in [0.1, 0.15) is 5.75 Å². The molecule has 0 aliphatic carbocycles. The van der Waals surface area contributed by atoms with Crippen LogP contribution in [0.1, 0.15) is 0 Å². The predicted octanol–water partition coefficient (Wildman–Crippen LogP) is 3.41. The SMILES string of the molecule is COc1cccc(Sc2ccccc2NC=O)c1. The molecule has 1 N–H and O–H groups in total. The van der Waals surface area contributed by atoms with E-state index in [1.165, 1.54) is 0 Å². The maximum atomic E-state index is 10.5. The molecule has 1 amide bonds. The lowest BCUT2D eigenvalue weighted by molar-refractivity contribution is -0.105. The number of carbonyl (C=O) groups is 1. The minimum Gasteiger partial charge on any atom is -0.497 e. The molecule has 0 heterocycles. The number of para-hydroxylation sites is 1. The standard InChI is InChI=1S/C14H13NO2S/c1-17-11-5-4-6-12(9-11)18-14-8-3-2-7-13(14)15-10-16/h2-10H,1H3,(H,15,16). The molecule has 4 heteroatoms. The van der Waals surface area contributed by atoms with Crippen molar-refractivity contribution in [3.63, 3.8) is 0 Å². The lowest BCUT2D eigenvalue weighted by Crippen LogP contribution is -1.95. The van der Waals surface area contributed by atoms with Crippen LogP contribution >= 0.6 is 11.8 Å². The number of hydrogen-bond donors (Lipinski definition) is 1. The number of ether oxygens (including phenoxy) is 1. The van der Waals surface area contributed by atoms with Gasteiger partial charge in [0.2, 0.25) is 6.41 Å². The Bertz CT molecular complexity index is 543. The number of methoxy groups -OCH3 is 1. The quantitative estimate of drug-likeness (QED) is 0.836. The first-order valence-electron chi connectivity index (χ1n) is 5.44. The Morgan fingerprint density at radius 1 is 1.17 bits per heavy atom. The van der Waals surface area contributed by atoms with Crippen LogP contribution in [-0.4, -0.2) is 13.5 Å². The normalized spacial score (nSPS) is 9.83. The first-order chi connectivity index (χ1) is 8.83. The summed E-state index contributed by atoms with van der Waals surface area (Å²) in [6.45, 7) is 0. The van der Waals surface area contributed by atoms with Crippen LogP contribution in [-0.2, 0) is 4.79 Å². The molecule has 0 aliphatic rings. The van der Waals surface area contributed by atoms with Crippen LogP contribution < -0.4 is 10.1 Å². The molecule has 0 unspecified atom stereocenters. The molecule has 18 heavy (non-hydrogen) atoms. The van der Waals surface area contributed by atoms with Gasteiger partial charge in [-0.25, -0.2) is 0 Å². The van der Waals surface area contributed by atoms with Crippen molar-refractivity contribution in [3.05, 3.63) is 48.5 Å². The van der Waals surface area contributed by atoms with E-state index < -0.39 is 0 Å². The fourth-order valence-electron chi connectivity index (χ4n) is 1.53. The van der Waals surface area contributed by atoms with E-state index in [0.29, 0.717) is 6.41 Å². The van der Waals surface area contributed by atoms with Crippen molar-refractivity contribution in [1.29, 1.82) is 0 Å². The van der Waals surface area contributed by atoms with Crippen molar-refractivity contribution < 1.29 is 9.53 Å². The number of amides is 1. The first kappa shape index (κ1) is 12.5. The summed E-state index contributed by atoms with van der Waals surface area (Å²) in [4.78, 5) is 12.6. The Kier molecular flexibility index (Phi) is 4.25. The molecular formula is C14H13NO2S. The van der Waals surface area contributed by atoms with Crippen molar-refractivity contribution in [2.75, 3.05) is 12.4 Å². The van der Waals surface area contributed by atoms with Crippen LogP contribution in [0.3, 0.4) is 0 Å².